The van der Waals surface area contributed by atoms with Gasteiger partial charge in [0.2, 0.25) is 0 Å². The summed E-state index contributed by atoms with van der Waals surface area (Å²) < 4.78 is 0. The van der Waals surface area contributed by atoms with Crippen molar-refractivity contribution in [2.24, 2.45) is 0 Å². The third-order valence-corrected chi connectivity index (χ3v) is 2.83. The Labute approximate surface area is 120 Å². The number of carbonyl (C=O) groups excluding carboxylic acids is 1. The zero-order valence-corrected chi connectivity index (χ0v) is 11.4. The van der Waals surface area contributed by atoms with Gasteiger partial charge in [-0.15, -0.1) is 0 Å². The highest BCUT2D eigenvalue weighted by atomic mass is 16.4. The van der Waals surface area contributed by atoms with Crippen molar-refractivity contribution in [3.05, 3.63) is 41.5 Å². The van der Waals surface area contributed by atoms with Gasteiger partial charge in [0.1, 0.15) is 12.2 Å². The molecule has 1 heterocycles. The second-order valence-electron chi connectivity index (χ2n) is 4.40. The molecule has 1 aromatic carbocycles. The molecule has 0 saturated heterocycles. The Hall–Kier alpha value is -2.90. The number of aromatic nitrogens is 3. The van der Waals surface area contributed by atoms with Crippen molar-refractivity contribution in [2.75, 3.05) is 11.9 Å². The fourth-order valence-corrected chi connectivity index (χ4v) is 1.80. The van der Waals surface area contributed by atoms with Crippen molar-refractivity contribution < 1.29 is 14.7 Å². The number of nitrogens with zero attached hydrogens (tertiary/aromatic N) is 2. The highest BCUT2D eigenvalue weighted by Gasteiger charge is 2.08. The molecule has 0 aliphatic carbocycles. The van der Waals surface area contributed by atoms with Gasteiger partial charge < -0.3 is 15.7 Å². The number of carbonyl (C=O) groups is 2. The lowest BCUT2D eigenvalue weighted by molar-refractivity contribution is 0.0696. The van der Waals surface area contributed by atoms with Crippen molar-refractivity contribution in [3.63, 3.8) is 0 Å². The smallest absolute Gasteiger partial charge is 0.335 e. The van der Waals surface area contributed by atoms with Crippen molar-refractivity contribution in [1.82, 2.24) is 20.5 Å². The predicted molar refractivity (Wildman–Crippen MR) is 75.2 cm³/mol. The number of anilines is 1. The van der Waals surface area contributed by atoms with E-state index in [4.69, 9.17) is 5.11 Å². The minimum atomic E-state index is -0.990. The lowest BCUT2D eigenvalue weighted by Gasteiger charge is -2.08. The van der Waals surface area contributed by atoms with Gasteiger partial charge in [0.05, 0.1) is 5.56 Å². The summed E-state index contributed by atoms with van der Waals surface area (Å²) in [5.74, 6) is -0.299. The van der Waals surface area contributed by atoms with E-state index in [1.165, 1.54) is 12.4 Å². The molecule has 0 aliphatic heterocycles. The molecular weight excluding hydrogens is 274 g/mol. The molecule has 0 radical (unpaired) electrons. The number of hydrogen-bond acceptors (Lipinski definition) is 4. The average molecular weight is 289 g/mol. The van der Waals surface area contributed by atoms with Gasteiger partial charge in [-0.2, -0.15) is 5.10 Å². The Morgan fingerprint density at radius 3 is 2.81 bits per heavy atom. The standard InChI is InChI=1S/C13H15N5O3/c1-8-6-9(2-3-10(8)12(19)20)17-13(21)14-5-4-11-15-7-16-18-11/h2-3,6-7H,4-5H2,1H3,(H,19,20)(H2,14,17,21)(H,15,16,18). The molecular formula is C13H15N5O3. The van der Waals surface area contributed by atoms with Crippen molar-refractivity contribution in [2.45, 2.75) is 13.3 Å². The van der Waals surface area contributed by atoms with Crippen molar-refractivity contribution in [3.8, 4) is 0 Å². The van der Waals surface area contributed by atoms with E-state index in [0.717, 1.165) is 0 Å². The Balaban J connectivity index is 1.85. The highest BCUT2D eigenvalue weighted by Crippen LogP contribution is 2.15. The van der Waals surface area contributed by atoms with Crippen LogP contribution in [-0.4, -0.2) is 38.8 Å². The first-order valence-corrected chi connectivity index (χ1v) is 6.29. The summed E-state index contributed by atoms with van der Waals surface area (Å²) in [4.78, 5) is 26.5. The van der Waals surface area contributed by atoms with Gasteiger partial charge in [-0.05, 0) is 30.7 Å². The van der Waals surface area contributed by atoms with Gasteiger partial charge in [0.25, 0.3) is 0 Å². The summed E-state index contributed by atoms with van der Waals surface area (Å²) in [6, 6.07) is 4.25. The summed E-state index contributed by atoms with van der Waals surface area (Å²) in [5, 5.41) is 20.6. The number of amides is 2. The van der Waals surface area contributed by atoms with Crippen LogP contribution in [0.3, 0.4) is 0 Å². The Kier molecular flexibility index (Phi) is 4.50. The maximum absolute atomic E-state index is 11.7. The largest absolute Gasteiger partial charge is 0.478 e. The van der Waals surface area contributed by atoms with Crippen LogP contribution in [-0.2, 0) is 6.42 Å². The molecule has 2 aromatic rings. The second kappa shape index (κ2) is 6.51. The third-order valence-electron chi connectivity index (χ3n) is 2.83. The summed E-state index contributed by atoms with van der Waals surface area (Å²) >= 11 is 0. The minimum Gasteiger partial charge on any atom is -0.478 e. The number of aromatic carboxylic acids is 1. The molecule has 0 atom stereocenters. The zero-order chi connectivity index (χ0) is 15.2. The second-order valence-corrected chi connectivity index (χ2v) is 4.40. The summed E-state index contributed by atoms with van der Waals surface area (Å²) in [7, 11) is 0. The van der Waals surface area contributed by atoms with E-state index in [-0.39, 0.29) is 11.6 Å². The minimum absolute atomic E-state index is 0.214. The van der Waals surface area contributed by atoms with Crippen LogP contribution in [0.15, 0.2) is 24.5 Å². The van der Waals surface area contributed by atoms with Crippen LogP contribution in [0.25, 0.3) is 0 Å². The number of benzene rings is 1. The fraction of sp³-hybridized carbons (Fsp3) is 0.231. The maximum Gasteiger partial charge on any atom is 0.335 e. The SMILES string of the molecule is Cc1cc(NC(=O)NCCc2ncn[nH]2)ccc1C(=O)O. The number of carboxylic acids is 1. The molecule has 0 bridgehead atoms. The summed E-state index contributed by atoms with van der Waals surface area (Å²) in [5.41, 5.74) is 1.34. The number of aromatic amines is 1. The molecule has 0 aliphatic rings. The molecule has 0 fully saturated rings. The van der Waals surface area contributed by atoms with Crippen LogP contribution in [0.4, 0.5) is 10.5 Å². The van der Waals surface area contributed by atoms with Gasteiger partial charge in [0, 0.05) is 18.7 Å². The zero-order valence-electron chi connectivity index (χ0n) is 11.4. The fourth-order valence-electron chi connectivity index (χ4n) is 1.80. The Morgan fingerprint density at radius 1 is 1.38 bits per heavy atom. The first kappa shape index (κ1) is 14.5. The van der Waals surface area contributed by atoms with Gasteiger partial charge in [-0.3, -0.25) is 5.10 Å². The monoisotopic (exact) mass is 289 g/mol. The molecule has 21 heavy (non-hydrogen) atoms. The van der Waals surface area contributed by atoms with Crippen LogP contribution in [0.5, 0.6) is 0 Å². The molecule has 2 amide bonds. The third kappa shape index (κ3) is 4.03. The molecule has 4 N–H and O–H groups in total. The summed E-state index contributed by atoms with van der Waals surface area (Å²) in [6.45, 7) is 2.09. The number of hydrogen-bond donors (Lipinski definition) is 4. The van der Waals surface area contributed by atoms with Crippen LogP contribution in [0.2, 0.25) is 0 Å². The van der Waals surface area contributed by atoms with Crippen molar-refractivity contribution >= 4 is 17.7 Å². The molecule has 8 heteroatoms. The van der Waals surface area contributed by atoms with Gasteiger partial charge in [0.15, 0.2) is 0 Å². The number of nitrogens with one attached hydrogen (secondary N) is 3. The molecule has 110 valence electrons. The molecule has 0 saturated carbocycles. The lowest BCUT2D eigenvalue weighted by Crippen LogP contribution is -2.30. The van der Waals surface area contributed by atoms with E-state index in [9.17, 15) is 9.59 Å². The number of rotatable bonds is 5. The van der Waals surface area contributed by atoms with Crippen LogP contribution >= 0.6 is 0 Å². The first-order chi connectivity index (χ1) is 10.1. The molecule has 8 nitrogen and oxygen atoms in total. The molecule has 2 rings (SSSR count). The van der Waals surface area contributed by atoms with E-state index < -0.39 is 5.97 Å². The number of carboxylic acid groups (broad SMARTS) is 1. The quantitative estimate of drug-likeness (QED) is 0.658. The normalized spacial score (nSPS) is 10.1. The molecule has 0 unspecified atom stereocenters. The van der Waals surface area contributed by atoms with Crippen LogP contribution in [0.1, 0.15) is 21.7 Å². The number of urea groups is 1. The Morgan fingerprint density at radius 2 is 2.19 bits per heavy atom. The van der Waals surface area contributed by atoms with Gasteiger partial charge in [-0.1, -0.05) is 0 Å². The van der Waals surface area contributed by atoms with E-state index in [2.05, 4.69) is 25.8 Å². The Bertz CT molecular complexity index is 639. The topological polar surface area (TPSA) is 120 Å². The lowest BCUT2D eigenvalue weighted by atomic mass is 10.1. The van der Waals surface area contributed by atoms with E-state index in [1.807, 2.05) is 0 Å². The molecule has 1 aromatic heterocycles. The van der Waals surface area contributed by atoms with E-state index in [0.29, 0.717) is 30.0 Å². The van der Waals surface area contributed by atoms with Gasteiger partial charge >= 0.3 is 12.0 Å². The van der Waals surface area contributed by atoms with E-state index in [1.54, 1.807) is 19.1 Å². The predicted octanol–water partition coefficient (Wildman–Crippen LogP) is 1.18. The van der Waals surface area contributed by atoms with Crippen molar-refractivity contribution in [1.29, 1.82) is 0 Å². The number of aryl methyl sites for hydroxylation is 1. The highest BCUT2D eigenvalue weighted by molar-refractivity contribution is 5.92. The first-order valence-electron chi connectivity index (χ1n) is 6.29. The maximum atomic E-state index is 11.7. The van der Waals surface area contributed by atoms with E-state index >= 15 is 0 Å². The number of H-pyrrole nitrogens is 1. The summed E-state index contributed by atoms with van der Waals surface area (Å²) in [6.07, 6.45) is 1.95. The van der Waals surface area contributed by atoms with Gasteiger partial charge in [-0.25, -0.2) is 14.6 Å². The van der Waals surface area contributed by atoms with Crippen LogP contribution in [0, 0.1) is 6.92 Å². The van der Waals surface area contributed by atoms with Crippen LogP contribution < -0.4 is 10.6 Å². The molecule has 0 spiro atoms. The average Bonchev–Trinajstić information content (AvgIpc) is 2.91.